The first-order valence-corrected chi connectivity index (χ1v) is 12.9. The number of rotatable bonds is 8. The predicted molar refractivity (Wildman–Crippen MR) is 145 cm³/mol. The van der Waals surface area contributed by atoms with Crippen molar-refractivity contribution in [1.29, 1.82) is 0 Å². The van der Waals surface area contributed by atoms with E-state index in [0.717, 1.165) is 39.0 Å². The molecule has 2 unspecified atom stereocenters. The number of amides is 2. The van der Waals surface area contributed by atoms with Crippen LogP contribution in [0.15, 0.2) is 84.9 Å². The van der Waals surface area contributed by atoms with Gasteiger partial charge >= 0.3 is 0 Å². The Kier molecular flexibility index (Phi) is 7.50. The molecule has 6 nitrogen and oxygen atoms in total. The Labute approximate surface area is 213 Å². The van der Waals surface area contributed by atoms with Crippen LogP contribution in [0.1, 0.15) is 33.6 Å². The zero-order valence-electron chi connectivity index (χ0n) is 20.6. The summed E-state index contributed by atoms with van der Waals surface area (Å²) in [6.07, 6.45) is 2.14. The van der Waals surface area contributed by atoms with Gasteiger partial charge in [0.2, 0.25) is 0 Å². The normalized spacial score (nSPS) is 19.3. The quantitative estimate of drug-likeness (QED) is 0.505. The minimum absolute atomic E-state index is 0.0907. The first-order chi connectivity index (χ1) is 17.7. The van der Waals surface area contributed by atoms with E-state index in [9.17, 15) is 9.59 Å². The molecule has 2 aliphatic rings. The van der Waals surface area contributed by atoms with Gasteiger partial charge in [-0.3, -0.25) is 9.59 Å². The van der Waals surface area contributed by atoms with Crippen molar-refractivity contribution in [1.82, 2.24) is 10.6 Å². The van der Waals surface area contributed by atoms with Crippen LogP contribution in [-0.4, -0.2) is 51.1 Å². The predicted octanol–water partition coefficient (Wildman–Crippen LogP) is 4.20. The largest absolute Gasteiger partial charge is 0.371 e. The van der Waals surface area contributed by atoms with E-state index in [1.807, 2.05) is 12.1 Å². The molecular formula is C30H34N4O2. The Morgan fingerprint density at radius 3 is 1.39 bits per heavy atom. The van der Waals surface area contributed by atoms with Gasteiger partial charge in [-0.25, -0.2) is 0 Å². The lowest BCUT2D eigenvalue weighted by Crippen LogP contribution is -2.32. The molecule has 2 amide bonds. The molecule has 0 aromatic heterocycles. The summed E-state index contributed by atoms with van der Waals surface area (Å²) in [6, 6.07) is 27.8. The van der Waals surface area contributed by atoms with Gasteiger partial charge in [-0.2, -0.15) is 0 Å². The molecule has 3 aromatic rings. The third kappa shape index (κ3) is 5.88. The van der Waals surface area contributed by atoms with Crippen LogP contribution >= 0.6 is 0 Å². The lowest BCUT2D eigenvalue weighted by atomic mass is 10.1. The van der Waals surface area contributed by atoms with Crippen LogP contribution in [0.5, 0.6) is 0 Å². The molecule has 2 aliphatic heterocycles. The molecule has 36 heavy (non-hydrogen) atoms. The summed E-state index contributed by atoms with van der Waals surface area (Å²) in [4.78, 5) is 30.0. The number of nitrogens with one attached hydrogen (secondary N) is 2. The molecule has 2 heterocycles. The smallest absolute Gasteiger partial charge is 0.251 e. The molecule has 0 spiro atoms. The average Bonchev–Trinajstić information content (AvgIpc) is 3.62. The number of benzene rings is 3. The highest BCUT2D eigenvalue weighted by molar-refractivity contribution is 5.97. The van der Waals surface area contributed by atoms with Gasteiger partial charge in [0.05, 0.1) is 0 Å². The van der Waals surface area contributed by atoms with Crippen molar-refractivity contribution in [2.75, 3.05) is 49.1 Å². The van der Waals surface area contributed by atoms with E-state index in [1.54, 1.807) is 24.3 Å². The number of para-hydroxylation sites is 2. The van der Waals surface area contributed by atoms with Crippen LogP contribution in [0.2, 0.25) is 0 Å². The number of anilines is 2. The van der Waals surface area contributed by atoms with Crippen molar-refractivity contribution < 1.29 is 9.59 Å². The van der Waals surface area contributed by atoms with Gasteiger partial charge in [0.15, 0.2) is 0 Å². The molecule has 2 saturated heterocycles. The van der Waals surface area contributed by atoms with Crippen LogP contribution < -0.4 is 20.4 Å². The zero-order chi connectivity index (χ0) is 24.7. The van der Waals surface area contributed by atoms with Gasteiger partial charge in [0.25, 0.3) is 11.8 Å². The van der Waals surface area contributed by atoms with E-state index in [-0.39, 0.29) is 11.8 Å². The van der Waals surface area contributed by atoms with Crippen LogP contribution in [0, 0.1) is 11.8 Å². The Balaban J connectivity index is 1.05. The maximum Gasteiger partial charge on any atom is 0.251 e. The van der Waals surface area contributed by atoms with Crippen LogP contribution in [0.25, 0.3) is 0 Å². The molecule has 5 rings (SSSR count). The van der Waals surface area contributed by atoms with Gasteiger partial charge in [-0.1, -0.05) is 36.4 Å². The maximum atomic E-state index is 12.7. The lowest BCUT2D eigenvalue weighted by Gasteiger charge is -2.19. The van der Waals surface area contributed by atoms with E-state index < -0.39 is 0 Å². The van der Waals surface area contributed by atoms with Crippen LogP contribution in [-0.2, 0) is 0 Å². The first kappa shape index (κ1) is 23.9. The molecule has 0 saturated carbocycles. The monoisotopic (exact) mass is 482 g/mol. The maximum absolute atomic E-state index is 12.7. The van der Waals surface area contributed by atoms with Crippen molar-refractivity contribution in [3.05, 3.63) is 96.1 Å². The minimum Gasteiger partial charge on any atom is -0.371 e. The number of nitrogens with zero attached hydrogens (tertiary/aromatic N) is 2. The second-order valence-electron chi connectivity index (χ2n) is 9.87. The summed E-state index contributed by atoms with van der Waals surface area (Å²) >= 11 is 0. The van der Waals surface area contributed by atoms with E-state index in [0.29, 0.717) is 36.1 Å². The number of hydrogen-bond acceptors (Lipinski definition) is 4. The molecule has 2 atom stereocenters. The molecule has 0 bridgehead atoms. The summed E-state index contributed by atoms with van der Waals surface area (Å²) < 4.78 is 0. The summed E-state index contributed by atoms with van der Waals surface area (Å²) in [5, 5.41) is 6.14. The highest BCUT2D eigenvalue weighted by Gasteiger charge is 2.24. The highest BCUT2D eigenvalue weighted by Crippen LogP contribution is 2.24. The number of carbonyl (C=O) groups excluding carboxylic acids is 2. The highest BCUT2D eigenvalue weighted by atomic mass is 16.2. The Morgan fingerprint density at radius 2 is 1.00 bits per heavy atom. The van der Waals surface area contributed by atoms with Crippen molar-refractivity contribution in [2.24, 2.45) is 11.8 Å². The molecule has 0 aliphatic carbocycles. The van der Waals surface area contributed by atoms with E-state index in [1.165, 1.54) is 11.4 Å². The zero-order valence-corrected chi connectivity index (χ0v) is 20.6. The number of carbonyl (C=O) groups is 2. The summed E-state index contributed by atoms with van der Waals surface area (Å²) in [6.45, 7) is 5.25. The van der Waals surface area contributed by atoms with Gasteiger partial charge < -0.3 is 20.4 Å². The Hall–Kier alpha value is -3.80. The third-order valence-corrected chi connectivity index (χ3v) is 7.33. The van der Waals surface area contributed by atoms with E-state index in [2.05, 4.69) is 69.0 Å². The summed E-state index contributed by atoms with van der Waals surface area (Å²) in [5.41, 5.74) is 3.64. The topological polar surface area (TPSA) is 64.7 Å². The Bertz CT molecular complexity index is 1060. The molecule has 2 N–H and O–H groups in total. The molecule has 6 heteroatoms. The minimum atomic E-state index is -0.0907. The van der Waals surface area contributed by atoms with Gasteiger partial charge in [0.1, 0.15) is 0 Å². The molecule has 2 fully saturated rings. The SMILES string of the molecule is O=C(NCC1CCN(c2ccccc2)C1)c1ccc(C(=O)NCC2CCN(c3ccccc3)C2)cc1. The van der Waals surface area contributed by atoms with Crippen LogP contribution in [0.3, 0.4) is 0 Å². The van der Waals surface area contributed by atoms with Crippen molar-refractivity contribution in [3.63, 3.8) is 0 Å². The molecule has 0 radical (unpaired) electrons. The van der Waals surface area contributed by atoms with Gasteiger partial charge in [-0.15, -0.1) is 0 Å². The molecule has 186 valence electrons. The summed E-state index contributed by atoms with van der Waals surface area (Å²) in [5.74, 6) is 0.694. The average molecular weight is 483 g/mol. The second kappa shape index (κ2) is 11.3. The van der Waals surface area contributed by atoms with Gasteiger partial charge in [0, 0.05) is 61.8 Å². The molecular weight excluding hydrogens is 448 g/mol. The Morgan fingerprint density at radius 1 is 0.611 bits per heavy atom. The van der Waals surface area contributed by atoms with Crippen molar-refractivity contribution >= 4 is 23.2 Å². The fourth-order valence-corrected chi connectivity index (χ4v) is 5.20. The standard InChI is InChI=1S/C30H34N4O2/c35-29(31-19-23-15-17-33(21-23)27-7-3-1-4-8-27)25-11-13-26(14-12-25)30(36)32-20-24-16-18-34(22-24)28-9-5-2-6-10-28/h1-14,23-24H,15-22H2,(H,31,35)(H,32,36). The molecule has 3 aromatic carbocycles. The number of hydrogen-bond donors (Lipinski definition) is 2. The fraction of sp³-hybridized carbons (Fsp3) is 0.333. The van der Waals surface area contributed by atoms with Gasteiger partial charge in [-0.05, 0) is 73.2 Å². The van der Waals surface area contributed by atoms with E-state index >= 15 is 0 Å². The second-order valence-corrected chi connectivity index (χ2v) is 9.87. The van der Waals surface area contributed by atoms with Crippen molar-refractivity contribution in [2.45, 2.75) is 12.8 Å². The van der Waals surface area contributed by atoms with Crippen LogP contribution in [0.4, 0.5) is 11.4 Å². The van der Waals surface area contributed by atoms with E-state index in [4.69, 9.17) is 0 Å². The van der Waals surface area contributed by atoms with Crippen molar-refractivity contribution in [3.8, 4) is 0 Å². The summed E-state index contributed by atoms with van der Waals surface area (Å²) in [7, 11) is 0. The lowest BCUT2D eigenvalue weighted by molar-refractivity contribution is 0.0936. The fourth-order valence-electron chi connectivity index (χ4n) is 5.20. The first-order valence-electron chi connectivity index (χ1n) is 12.9. The third-order valence-electron chi connectivity index (χ3n) is 7.33.